The van der Waals surface area contributed by atoms with E-state index in [-0.39, 0.29) is 18.4 Å². The summed E-state index contributed by atoms with van der Waals surface area (Å²) in [6, 6.07) is 3.72. The summed E-state index contributed by atoms with van der Waals surface area (Å²) in [5, 5.41) is 0. The van der Waals surface area contributed by atoms with Crippen molar-refractivity contribution in [3.05, 3.63) is 34.8 Å². The molecule has 0 saturated carbocycles. The lowest BCUT2D eigenvalue weighted by Gasteiger charge is -2.15. The first-order valence-electron chi connectivity index (χ1n) is 4.92. The lowest BCUT2D eigenvalue weighted by atomic mass is 10.0. The van der Waals surface area contributed by atoms with E-state index in [0.29, 0.717) is 17.9 Å². The molecule has 1 aromatic rings. The first-order valence-corrected chi connectivity index (χ1v) is 5.71. The topological polar surface area (TPSA) is 44.5 Å². The molecule has 0 aliphatic carbocycles. The number of methoxy groups -OCH3 is 2. The third-order valence-corrected chi connectivity index (χ3v) is 3.10. The molecule has 1 atom stereocenters. The van der Waals surface area contributed by atoms with E-state index < -0.39 is 0 Å². The first kappa shape index (κ1) is 16.3. The zero-order valence-corrected chi connectivity index (χ0v) is 12.3. The molecule has 0 radical (unpaired) electrons. The molecule has 0 amide bonds. The highest BCUT2D eigenvalue weighted by Gasteiger charge is 2.13. The summed E-state index contributed by atoms with van der Waals surface area (Å²) >= 11 is 3.41. The van der Waals surface area contributed by atoms with Crippen molar-refractivity contribution >= 4 is 28.3 Å². The van der Waals surface area contributed by atoms with Crippen LogP contribution in [0.3, 0.4) is 0 Å². The Kier molecular flexibility index (Phi) is 7.27. The van der Waals surface area contributed by atoms with Crippen LogP contribution in [0.25, 0.3) is 0 Å². The molecule has 96 valence electrons. The maximum Gasteiger partial charge on any atom is 0.137 e. The highest BCUT2D eigenvalue weighted by molar-refractivity contribution is 9.10. The van der Waals surface area contributed by atoms with E-state index in [1.54, 1.807) is 20.3 Å². The maximum atomic E-state index is 6.01. The lowest BCUT2D eigenvalue weighted by molar-refractivity contribution is 0.388. The van der Waals surface area contributed by atoms with Crippen LogP contribution in [-0.2, 0) is 0 Å². The number of rotatable bonds is 5. The van der Waals surface area contributed by atoms with Crippen molar-refractivity contribution in [1.82, 2.24) is 0 Å². The zero-order valence-electron chi connectivity index (χ0n) is 9.90. The zero-order chi connectivity index (χ0) is 12.1. The maximum absolute atomic E-state index is 6.01. The van der Waals surface area contributed by atoms with Gasteiger partial charge in [0.05, 0.1) is 14.2 Å². The second-order valence-electron chi connectivity index (χ2n) is 3.37. The molecule has 0 aliphatic rings. The van der Waals surface area contributed by atoms with Crippen LogP contribution in [0.5, 0.6) is 11.5 Å². The fourth-order valence-electron chi connectivity index (χ4n) is 1.42. The third-order valence-electron chi connectivity index (χ3n) is 2.32. The van der Waals surface area contributed by atoms with Gasteiger partial charge < -0.3 is 15.2 Å². The van der Waals surface area contributed by atoms with Crippen molar-refractivity contribution in [3.8, 4) is 11.5 Å². The molecule has 0 heterocycles. The quantitative estimate of drug-likeness (QED) is 0.844. The van der Waals surface area contributed by atoms with Gasteiger partial charge in [0.15, 0.2) is 0 Å². The van der Waals surface area contributed by atoms with Crippen molar-refractivity contribution in [2.75, 3.05) is 14.2 Å². The van der Waals surface area contributed by atoms with E-state index in [9.17, 15) is 0 Å². The van der Waals surface area contributed by atoms with E-state index in [0.717, 1.165) is 10.0 Å². The molecule has 0 saturated heterocycles. The van der Waals surface area contributed by atoms with Crippen LogP contribution in [0, 0.1) is 0 Å². The molecule has 0 bridgehead atoms. The molecule has 1 rings (SSSR count). The minimum atomic E-state index is -0.0894. The van der Waals surface area contributed by atoms with Gasteiger partial charge in [0.2, 0.25) is 0 Å². The van der Waals surface area contributed by atoms with Gasteiger partial charge in [0.25, 0.3) is 0 Å². The molecular weight excluding hydrogens is 305 g/mol. The van der Waals surface area contributed by atoms with Gasteiger partial charge in [0, 0.05) is 6.04 Å². The highest BCUT2D eigenvalue weighted by Crippen LogP contribution is 2.37. The van der Waals surface area contributed by atoms with Gasteiger partial charge >= 0.3 is 0 Å². The molecule has 2 N–H and O–H groups in total. The molecule has 5 heteroatoms. The summed E-state index contributed by atoms with van der Waals surface area (Å²) in [6.07, 6.45) is 2.51. The summed E-state index contributed by atoms with van der Waals surface area (Å²) in [5.41, 5.74) is 6.97. The summed E-state index contributed by atoms with van der Waals surface area (Å²) < 4.78 is 11.3. The summed E-state index contributed by atoms with van der Waals surface area (Å²) in [6.45, 7) is 3.68. The van der Waals surface area contributed by atoms with Crippen LogP contribution >= 0.6 is 28.3 Å². The van der Waals surface area contributed by atoms with Crippen molar-refractivity contribution in [1.29, 1.82) is 0 Å². The lowest BCUT2D eigenvalue weighted by Crippen LogP contribution is -2.09. The smallest absolute Gasteiger partial charge is 0.137 e. The Balaban J connectivity index is 0.00000256. The molecule has 17 heavy (non-hydrogen) atoms. The normalized spacial score (nSPS) is 11.3. The van der Waals surface area contributed by atoms with Crippen LogP contribution < -0.4 is 15.2 Å². The number of nitrogens with two attached hydrogens (primary N) is 1. The third kappa shape index (κ3) is 3.91. The van der Waals surface area contributed by atoms with Gasteiger partial charge in [-0.25, -0.2) is 0 Å². The Labute approximate surface area is 117 Å². The SMILES string of the molecule is C=CC[C@H](N)c1cc(OC)c(Br)c(OC)c1.Cl. The van der Waals surface area contributed by atoms with Crippen molar-refractivity contribution in [3.63, 3.8) is 0 Å². The molecular formula is C12H17BrClNO2. The van der Waals surface area contributed by atoms with E-state index in [2.05, 4.69) is 22.5 Å². The summed E-state index contributed by atoms with van der Waals surface area (Å²) in [5.74, 6) is 1.43. The van der Waals surface area contributed by atoms with E-state index >= 15 is 0 Å². The Bertz CT molecular complexity index is 360. The van der Waals surface area contributed by atoms with Crippen molar-refractivity contribution < 1.29 is 9.47 Å². The summed E-state index contributed by atoms with van der Waals surface area (Å²) in [4.78, 5) is 0. The van der Waals surface area contributed by atoms with Gasteiger partial charge in [0.1, 0.15) is 16.0 Å². The molecule has 0 fully saturated rings. The van der Waals surface area contributed by atoms with Crippen molar-refractivity contribution in [2.45, 2.75) is 12.5 Å². The molecule has 1 aromatic carbocycles. The molecule has 0 aliphatic heterocycles. The number of halogens is 2. The first-order chi connectivity index (χ1) is 7.63. The average molecular weight is 323 g/mol. The largest absolute Gasteiger partial charge is 0.495 e. The van der Waals surface area contributed by atoms with Crippen LogP contribution in [0.15, 0.2) is 29.3 Å². The molecule has 0 spiro atoms. The number of ether oxygens (including phenoxy) is 2. The second kappa shape index (κ2) is 7.58. The van der Waals surface area contributed by atoms with Crippen LogP contribution in [-0.4, -0.2) is 14.2 Å². The van der Waals surface area contributed by atoms with Crippen LogP contribution in [0.1, 0.15) is 18.0 Å². The Morgan fingerprint density at radius 2 is 1.82 bits per heavy atom. The van der Waals surface area contributed by atoms with E-state index in [1.165, 1.54) is 0 Å². The molecule has 0 aromatic heterocycles. The minimum Gasteiger partial charge on any atom is -0.495 e. The molecule has 0 unspecified atom stereocenters. The summed E-state index contributed by atoms with van der Waals surface area (Å²) in [7, 11) is 3.23. The highest BCUT2D eigenvalue weighted by atomic mass is 79.9. The van der Waals surface area contributed by atoms with Gasteiger partial charge in [-0.3, -0.25) is 0 Å². The monoisotopic (exact) mass is 321 g/mol. The van der Waals surface area contributed by atoms with Gasteiger partial charge in [-0.15, -0.1) is 19.0 Å². The van der Waals surface area contributed by atoms with Crippen LogP contribution in [0.2, 0.25) is 0 Å². The number of hydrogen-bond acceptors (Lipinski definition) is 3. The molecule has 3 nitrogen and oxygen atoms in total. The number of hydrogen-bond donors (Lipinski definition) is 1. The Morgan fingerprint density at radius 3 is 2.18 bits per heavy atom. The predicted octanol–water partition coefficient (Wildman–Crippen LogP) is 3.46. The van der Waals surface area contributed by atoms with E-state index in [4.69, 9.17) is 15.2 Å². The van der Waals surface area contributed by atoms with Crippen molar-refractivity contribution in [2.24, 2.45) is 5.73 Å². The average Bonchev–Trinajstić information content (AvgIpc) is 2.29. The Morgan fingerprint density at radius 1 is 1.35 bits per heavy atom. The fraction of sp³-hybridized carbons (Fsp3) is 0.333. The van der Waals surface area contributed by atoms with Gasteiger partial charge in [-0.1, -0.05) is 6.08 Å². The minimum absolute atomic E-state index is 0. The van der Waals surface area contributed by atoms with Gasteiger partial charge in [-0.05, 0) is 40.0 Å². The Hall–Kier alpha value is -0.710. The fourth-order valence-corrected chi connectivity index (χ4v) is 1.97. The number of benzene rings is 1. The van der Waals surface area contributed by atoms with E-state index in [1.807, 2.05) is 12.1 Å². The standard InChI is InChI=1S/C12H16BrNO2.ClH/c1-4-5-9(14)8-6-10(15-2)12(13)11(7-8)16-3;/h4,6-7,9H,1,5,14H2,2-3H3;1H/t9-;/m0./s1. The predicted molar refractivity (Wildman–Crippen MR) is 76.2 cm³/mol. The van der Waals surface area contributed by atoms with Gasteiger partial charge in [-0.2, -0.15) is 0 Å². The second-order valence-corrected chi connectivity index (χ2v) is 4.16. The van der Waals surface area contributed by atoms with Crippen LogP contribution in [0.4, 0.5) is 0 Å².